The van der Waals surface area contributed by atoms with Crippen molar-refractivity contribution in [1.82, 2.24) is 0 Å². The maximum atomic E-state index is 12.1. The standard InChI is InChI=1S/C15H15ClN2O/c1-9-3-5-12(7-10(9)2)18-15(19)13-6-4-11(16)8-14(13)17/h3-8H,17H2,1-2H3,(H,18,19). The lowest BCUT2D eigenvalue weighted by molar-refractivity contribution is 0.102. The van der Waals surface area contributed by atoms with Gasteiger partial charge in [-0.25, -0.2) is 0 Å². The first-order valence-corrected chi connectivity index (χ1v) is 6.29. The fourth-order valence-corrected chi connectivity index (χ4v) is 1.94. The molecule has 0 unspecified atom stereocenters. The third kappa shape index (κ3) is 3.06. The molecule has 0 heterocycles. The van der Waals surface area contributed by atoms with E-state index in [0.717, 1.165) is 11.3 Å². The number of benzene rings is 2. The molecule has 3 nitrogen and oxygen atoms in total. The van der Waals surface area contributed by atoms with Crippen molar-refractivity contribution < 1.29 is 4.79 Å². The third-order valence-corrected chi connectivity index (χ3v) is 3.26. The summed E-state index contributed by atoms with van der Waals surface area (Å²) in [5.74, 6) is -0.239. The highest BCUT2D eigenvalue weighted by molar-refractivity contribution is 6.31. The molecule has 0 saturated heterocycles. The molecule has 2 rings (SSSR count). The lowest BCUT2D eigenvalue weighted by atomic mass is 10.1. The molecule has 4 heteroatoms. The van der Waals surface area contributed by atoms with Gasteiger partial charge in [0, 0.05) is 16.4 Å². The highest BCUT2D eigenvalue weighted by atomic mass is 35.5. The number of carbonyl (C=O) groups is 1. The normalized spacial score (nSPS) is 10.3. The minimum Gasteiger partial charge on any atom is -0.398 e. The van der Waals surface area contributed by atoms with Crippen LogP contribution < -0.4 is 11.1 Å². The van der Waals surface area contributed by atoms with Crippen molar-refractivity contribution in [2.24, 2.45) is 0 Å². The van der Waals surface area contributed by atoms with Crippen molar-refractivity contribution in [3.63, 3.8) is 0 Å². The van der Waals surface area contributed by atoms with E-state index in [1.807, 2.05) is 32.0 Å². The number of amides is 1. The molecule has 0 radical (unpaired) electrons. The van der Waals surface area contributed by atoms with Crippen LogP contribution in [-0.2, 0) is 0 Å². The summed E-state index contributed by atoms with van der Waals surface area (Å²) in [6, 6.07) is 10.6. The number of aryl methyl sites for hydroxylation is 2. The molecule has 0 saturated carbocycles. The monoisotopic (exact) mass is 274 g/mol. The van der Waals surface area contributed by atoms with Gasteiger partial charge in [-0.2, -0.15) is 0 Å². The van der Waals surface area contributed by atoms with Gasteiger partial charge in [-0.05, 0) is 55.3 Å². The Kier molecular flexibility index (Phi) is 3.76. The zero-order chi connectivity index (χ0) is 14.0. The number of halogens is 1. The summed E-state index contributed by atoms with van der Waals surface area (Å²) in [7, 11) is 0. The molecule has 0 fully saturated rings. The molecule has 0 aliphatic carbocycles. The molecular formula is C15H15ClN2O. The maximum Gasteiger partial charge on any atom is 0.257 e. The number of anilines is 2. The number of nitrogens with two attached hydrogens (primary N) is 1. The van der Waals surface area contributed by atoms with Gasteiger partial charge in [-0.3, -0.25) is 4.79 Å². The van der Waals surface area contributed by atoms with Crippen molar-refractivity contribution in [2.75, 3.05) is 11.1 Å². The lowest BCUT2D eigenvalue weighted by Gasteiger charge is -2.09. The summed E-state index contributed by atoms with van der Waals surface area (Å²) in [5, 5.41) is 3.34. The van der Waals surface area contributed by atoms with Crippen LogP contribution in [0.15, 0.2) is 36.4 Å². The maximum absolute atomic E-state index is 12.1. The Balaban J connectivity index is 2.23. The van der Waals surface area contributed by atoms with Crippen molar-refractivity contribution >= 4 is 28.9 Å². The lowest BCUT2D eigenvalue weighted by Crippen LogP contribution is -2.14. The van der Waals surface area contributed by atoms with Crippen LogP contribution in [0.5, 0.6) is 0 Å². The predicted octanol–water partition coefficient (Wildman–Crippen LogP) is 3.79. The van der Waals surface area contributed by atoms with Gasteiger partial charge in [0.25, 0.3) is 5.91 Å². The van der Waals surface area contributed by atoms with E-state index in [2.05, 4.69) is 5.32 Å². The Morgan fingerprint density at radius 1 is 1.11 bits per heavy atom. The zero-order valence-electron chi connectivity index (χ0n) is 10.8. The molecule has 3 N–H and O–H groups in total. The van der Waals surface area contributed by atoms with Crippen molar-refractivity contribution in [3.05, 3.63) is 58.1 Å². The molecule has 0 atom stereocenters. The van der Waals surface area contributed by atoms with Gasteiger partial charge in [-0.15, -0.1) is 0 Å². The second-order valence-electron chi connectivity index (χ2n) is 4.48. The van der Waals surface area contributed by atoms with Crippen LogP contribution >= 0.6 is 11.6 Å². The molecule has 0 aliphatic heterocycles. The summed E-state index contributed by atoms with van der Waals surface area (Å²) in [6.07, 6.45) is 0. The quantitative estimate of drug-likeness (QED) is 0.819. The van der Waals surface area contributed by atoms with Gasteiger partial charge < -0.3 is 11.1 Å². The van der Waals surface area contributed by atoms with E-state index in [0.29, 0.717) is 16.3 Å². The van der Waals surface area contributed by atoms with Gasteiger partial charge in [0.05, 0.1) is 5.56 Å². The van der Waals surface area contributed by atoms with Crippen LogP contribution in [0.4, 0.5) is 11.4 Å². The molecular weight excluding hydrogens is 260 g/mol. The van der Waals surface area contributed by atoms with E-state index >= 15 is 0 Å². The van der Waals surface area contributed by atoms with E-state index in [-0.39, 0.29) is 5.91 Å². The topological polar surface area (TPSA) is 55.1 Å². The van der Waals surface area contributed by atoms with Crippen LogP contribution in [0.25, 0.3) is 0 Å². The molecule has 0 spiro atoms. The Morgan fingerprint density at radius 2 is 1.84 bits per heavy atom. The number of nitrogens with one attached hydrogen (secondary N) is 1. The highest BCUT2D eigenvalue weighted by Gasteiger charge is 2.10. The highest BCUT2D eigenvalue weighted by Crippen LogP contribution is 2.20. The fourth-order valence-electron chi connectivity index (χ4n) is 1.76. The van der Waals surface area contributed by atoms with Gasteiger partial charge in [0.1, 0.15) is 0 Å². The van der Waals surface area contributed by atoms with Crippen LogP contribution in [0, 0.1) is 13.8 Å². The number of nitrogen functional groups attached to an aromatic ring is 1. The number of hydrogen-bond acceptors (Lipinski definition) is 2. The van der Waals surface area contributed by atoms with Gasteiger partial charge in [0.2, 0.25) is 0 Å². The number of rotatable bonds is 2. The van der Waals surface area contributed by atoms with Crippen LogP contribution in [0.2, 0.25) is 5.02 Å². The average Bonchev–Trinajstić information content (AvgIpc) is 2.33. The van der Waals surface area contributed by atoms with E-state index in [1.54, 1.807) is 18.2 Å². The molecule has 0 aromatic heterocycles. The molecule has 1 amide bonds. The molecule has 2 aromatic rings. The minimum atomic E-state index is -0.239. The molecule has 0 bridgehead atoms. The molecule has 19 heavy (non-hydrogen) atoms. The van der Waals surface area contributed by atoms with E-state index in [4.69, 9.17) is 17.3 Å². The van der Waals surface area contributed by atoms with E-state index in [1.165, 1.54) is 5.56 Å². The van der Waals surface area contributed by atoms with Crippen LogP contribution in [-0.4, -0.2) is 5.91 Å². The smallest absolute Gasteiger partial charge is 0.257 e. The number of hydrogen-bond donors (Lipinski definition) is 2. The Hall–Kier alpha value is -2.00. The summed E-state index contributed by atoms with van der Waals surface area (Å²) in [5.41, 5.74) is 9.64. The largest absolute Gasteiger partial charge is 0.398 e. The van der Waals surface area contributed by atoms with Crippen molar-refractivity contribution in [3.8, 4) is 0 Å². The predicted molar refractivity (Wildman–Crippen MR) is 79.7 cm³/mol. The van der Waals surface area contributed by atoms with Gasteiger partial charge in [0.15, 0.2) is 0 Å². The first-order chi connectivity index (χ1) is 8.97. The van der Waals surface area contributed by atoms with Crippen LogP contribution in [0.1, 0.15) is 21.5 Å². The second kappa shape index (κ2) is 5.33. The Labute approximate surface area is 117 Å². The molecule has 98 valence electrons. The molecule has 0 aliphatic rings. The first kappa shape index (κ1) is 13.4. The zero-order valence-corrected chi connectivity index (χ0v) is 11.6. The first-order valence-electron chi connectivity index (χ1n) is 5.91. The summed E-state index contributed by atoms with van der Waals surface area (Å²) in [4.78, 5) is 12.1. The second-order valence-corrected chi connectivity index (χ2v) is 4.92. The van der Waals surface area contributed by atoms with Crippen molar-refractivity contribution in [1.29, 1.82) is 0 Å². The fraction of sp³-hybridized carbons (Fsp3) is 0.133. The average molecular weight is 275 g/mol. The summed E-state index contributed by atoms with van der Waals surface area (Å²) < 4.78 is 0. The Morgan fingerprint density at radius 3 is 2.47 bits per heavy atom. The molecule has 2 aromatic carbocycles. The summed E-state index contributed by atoms with van der Waals surface area (Å²) in [6.45, 7) is 4.03. The van der Waals surface area contributed by atoms with E-state index < -0.39 is 0 Å². The summed E-state index contributed by atoms with van der Waals surface area (Å²) >= 11 is 5.81. The van der Waals surface area contributed by atoms with Gasteiger partial charge in [-0.1, -0.05) is 17.7 Å². The van der Waals surface area contributed by atoms with E-state index in [9.17, 15) is 4.79 Å². The van der Waals surface area contributed by atoms with Gasteiger partial charge >= 0.3 is 0 Å². The third-order valence-electron chi connectivity index (χ3n) is 3.02. The number of carbonyl (C=O) groups excluding carboxylic acids is 1. The van der Waals surface area contributed by atoms with Crippen LogP contribution in [0.3, 0.4) is 0 Å². The SMILES string of the molecule is Cc1ccc(NC(=O)c2ccc(Cl)cc2N)cc1C. The Bertz CT molecular complexity index is 638. The van der Waals surface area contributed by atoms with Crippen molar-refractivity contribution in [2.45, 2.75) is 13.8 Å². The minimum absolute atomic E-state index is 0.239.